The van der Waals surface area contributed by atoms with Crippen molar-refractivity contribution < 1.29 is 47.3 Å². The zero-order chi connectivity index (χ0) is 14.0. The van der Waals surface area contributed by atoms with Gasteiger partial charge < -0.3 is 9.29 Å². The van der Waals surface area contributed by atoms with Crippen molar-refractivity contribution >= 4 is 42.0 Å². The molecule has 2 aromatic rings. The van der Waals surface area contributed by atoms with Crippen molar-refractivity contribution in [2.75, 3.05) is 0 Å². The van der Waals surface area contributed by atoms with E-state index in [9.17, 15) is 13.0 Å². The van der Waals surface area contributed by atoms with Gasteiger partial charge in [-0.2, -0.15) is 0 Å². The first-order valence-electron chi connectivity index (χ1n) is 5.05. The standard InChI is InChI=1S/C12H8Br2O4S.Na/c13-8-1-4-10(5-2-8)18-11-6-3-9(14)7-12(11)19(15,16)17;/h1-7H,(H,15,16,17);/q;+1/p-1. The van der Waals surface area contributed by atoms with Gasteiger partial charge in [-0.15, -0.1) is 0 Å². The first kappa shape index (κ1) is 18.2. The summed E-state index contributed by atoms with van der Waals surface area (Å²) < 4.78 is 40.3. The van der Waals surface area contributed by atoms with Crippen LogP contribution in [0.3, 0.4) is 0 Å². The fraction of sp³-hybridized carbons (Fsp3) is 0. The maximum atomic E-state index is 11.2. The molecule has 2 aromatic carbocycles. The van der Waals surface area contributed by atoms with E-state index in [-0.39, 0.29) is 35.3 Å². The molecule has 0 amide bonds. The summed E-state index contributed by atoms with van der Waals surface area (Å²) in [6.45, 7) is 0. The van der Waals surface area contributed by atoms with E-state index >= 15 is 0 Å². The summed E-state index contributed by atoms with van der Waals surface area (Å²) >= 11 is 6.40. The molecule has 2 rings (SSSR count). The van der Waals surface area contributed by atoms with Gasteiger partial charge in [0.15, 0.2) is 0 Å². The van der Waals surface area contributed by atoms with Crippen LogP contribution in [0.4, 0.5) is 0 Å². The molecule has 0 atom stereocenters. The Morgan fingerprint density at radius 3 is 2.05 bits per heavy atom. The van der Waals surface area contributed by atoms with E-state index in [0.29, 0.717) is 10.2 Å². The molecular weight excluding hydrogens is 423 g/mol. The smallest absolute Gasteiger partial charge is 0.744 e. The van der Waals surface area contributed by atoms with Crippen LogP contribution in [0.15, 0.2) is 56.3 Å². The minimum Gasteiger partial charge on any atom is -0.744 e. The number of halogens is 2. The van der Waals surface area contributed by atoms with Crippen LogP contribution in [0.5, 0.6) is 11.5 Å². The quantitative estimate of drug-likeness (QED) is 0.537. The van der Waals surface area contributed by atoms with Crippen molar-refractivity contribution in [1.29, 1.82) is 0 Å². The minimum absolute atomic E-state index is 0. The zero-order valence-corrected chi connectivity index (χ0v) is 16.3. The molecule has 0 bridgehead atoms. The molecule has 0 aliphatic heterocycles. The molecule has 0 radical (unpaired) electrons. The summed E-state index contributed by atoms with van der Waals surface area (Å²) in [5.74, 6) is 0.441. The van der Waals surface area contributed by atoms with E-state index in [0.717, 1.165) is 4.47 Å². The van der Waals surface area contributed by atoms with Crippen LogP contribution in [0.2, 0.25) is 0 Å². The molecule has 0 aliphatic rings. The summed E-state index contributed by atoms with van der Waals surface area (Å²) in [4.78, 5) is -0.398. The predicted molar refractivity (Wildman–Crippen MR) is 76.3 cm³/mol. The number of hydrogen-bond donors (Lipinski definition) is 0. The second-order valence-electron chi connectivity index (χ2n) is 3.60. The monoisotopic (exact) mass is 428 g/mol. The third-order valence-corrected chi connectivity index (χ3v) is 4.10. The average molecular weight is 430 g/mol. The van der Waals surface area contributed by atoms with E-state index in [2.05, 4.69) is 31.9 Å². The largest absolute Gasteiger partial charge is 1.00 e. The Kier molecular flexibility index (Phi) is 6.72. The molecular formula is C12H7Br2NaO4S. The molecule has 0 aliphatic carbocycles. The molecule has 0 N–H and O–H groups in total. The van der Waals surface area contributed by atoms with Gasteiger partial charge in [-0.3, -0.25) is 0 Å². The van der Waals surface area contributed by atoms with E-state index < -0.39 is 15.0 Å². The maximum absolute atomic E-state index is 11.2. The second-order valence-corrected chi connectivity index (χ2v) is 6.78. The van der Waals surface area contributed by atoms with Crippen LogP contribution in [-0.2, 0) is 10.1 Å². The van der Waals surface area contributed by atoms with Gasteiger partial charge in [0.1, 0.15) is 21.6 Å². The van der Waals surface area contributed by atoms with Crippen LogP contribution in [0.25, 0.3) is 0 Å². The third kappa shape index (κ3) is 4.84. The molecule has 0 fully saturated rings. The topological polar surface area (TPSA) is 66.4 Å². The second kappa shape index (κ2) is 7.40. The van der Waals surface area contributed by atoms with Crippen LogP contribution in [0, 0.1) is 0 Å². The molecule has 4 nitrogen and oxygen atoms in total. The molecule has 8 heteroatoms. The molecule has 0 unspecified atom stereocenters. The predicted octanol–water partition coefficient (Wildman–Crippen LogP) is 0.912. The fourth-order valence-electron chi connectivity index (χ4n) is 1.39. The Morgan fingerprint density at radius 1 is 0.950 bits per heavy atom. The Morgan fingerprint density at radius 2 is 1.50 bits per heavy atom. The Balaban J connectivity index is 0.00000200. The summed E-state index contributed by atoms with van der Waals surface area (Å²) in [6, 6.07) is 11.1. The van der Waals surface area contributed by atoms with Crippen LogP contribution < -0.4 is 34.3 Å². The van der Waals surface area contributed by atoms with E-state index in [1.165, 1.54) is 12.1 Å². The van der Waals surface area contributed by atoms with Gasteiger partial charge in [-0.25, -0.2) is 8.42 Å². The van der Waals surface area contributed by atoms with Crippen molar-refractivity contribution in [2.24, 2.45) is 0 Å². The van der Waals surface area contributed by atoms with E-state index in [4.69, 9.17) is 4.74 Å². The normalized spacial score (nSPS) is 10.8. The fourth-order valence-corrected chi connectivity index (χ4v) is 2.80. The number of rotatable bonds is 3. The molecule has 0 spiro atoms. The first-order valence-corrected chi connectivity index (χ1v) is 8.04. The van der Waals surface area contributed by atoms with Crippen LogP contribution >= 0.6 is 31.9 Å². The molecule has 0 saturated carbocycles. The maximum Gasteiger partial charge on any atom is 1.00 e. The molecule has 0 saturated heterocycles. The number of benzene rings is 2. The van der Waals surface area contributed by atoms with Crippen molar-refractivity contribution in [3.63, 3.8) is 0 Å². The van der Waals surface area contributed by atoms with Crippen molar-refractivity contribution in [3.8, 4) is 11.5 Å². The van der Waals surface area contributed by atoms with Gasteiger partial charge in [0, 0.05) is 8.95 Å². The van der Waals surface area contributed by atoms with Crippen molar-refractivity contribution in [2.45, 2.75) is 4.90 Å². The van der Waals surface area contributed by atoms with Crippen molar-refractivity contribution in [1.82, 2.24) is 0 Å². The Hall–Kier alpha value is 0.110. The summed E-state index contributed by atoms with van der Waals surface area (Å²) in [5, 5.41) is 0. The molecule has 0 aromatic heterocycles. The summed E-state index contributed by atoms with van der Waals surface area (Å²) in [7, 11) is -4.60. The van der Waals surface area contributed by atoms with Crippen molar-refractivity contribution in [3.05, 3.63) is 51.4 Å². The third-order valence-electron chi connectivity index (χ3n) is 2.22. The molecule has 0 heterocycles. The van der Waals surface area contributed by atoms with Gasteiger partial charge in [0.05, 0.1) is 4.90 Å². The van der Waals surface area contributed by atoms with Gasteiger partial charge in [0.2, 0.25) is 0 Å². The number of hydrogen-bond acceptors (Lipinski definition) is 4. The van der Waals surface area contributed by atoms with Gasteiger partial charge >= 0.3 is 29.6 Å². The van der Waals surface area contributed by atoms with Crippen LogP contribution in [0.1, 0.15) is 0 Å². The summed E-state index contributed by atoms with van der Waals surface area (Å²) in [6.07, 6.45) is 0. The SMILES string of the molecule is O=S(=O)([O-])c1cc(Br)ccc1Oc1ccc(Br)cc1.[Na+]. The number of ether oxygens (including phenoxy) is 1. The molecule has 100 valence electrons. The van der Waals surface area contributed by atoms with E-state index in [1.807, 2.05) is 0 Å². The van der Waals surface area contributed by atoms with Gasteiger partial charge in [0.25, 0.3) is 0 Å². The van der Waals surface area contributed by atoms with Crippen LogP contribution in [-0.4, -0.2) is 13.0 Å². The Labute approximate surface area is 155 Å². The molecule has 20 heavy (non-hydrogen) atoms. The Bertz CT molecular complexity index is 702. The van der Waals surface area contributed by atoms with Gasteiger partial charge in [-0.05, 0) is 42.5 Å². The summed E-state index contributed by atoms with van der Waals surface area (Å²) in [5.41, 5.74) is 0. The average Bonchev–Trinajstić information content (AvgIpc) is 2.33. The minimum atomic E-state index is -4.60. The van der Waals surface area contributed by atoms with Gasteiger partial charge in [-0.1, -0.05) is 31.9 Å². The zero-order valence-electron chi connectivity index (χ0n) is 10.3. The first-order chi connectivity index (χ1) is 8.86. The van der Waals surface area contributed by atoms with E-state index in [1.54, 1.807) is 30.3 Å².